The summed E-state index contributed by atoms with van der Waals surface area (Å²) in [6.07, 6.45) is 4.44. The summed E-state index contributed by atoms with van der Waals surface area (Å²) < 4.78 is 5.25. The molecule has 0 saturated heterocycles. The van der Waals surface area contributed by atoms with Crippen LogP contribution in [0.5, 0.6) is 0 Å². The van der Waals surface area contributed by atoms with Crippen LogP contribution in [-0.2, 0) is 16.3 Å². The van der Waals surface area contributed by atoms with Crippen LogP contribution in [0, 0.1) is 0 Å². The summed E-state index contributed by atoms with van der Waals surface area (Å²) >= 11 is 3.42. The molecule has 0 aliphatic heterocycles. The van der Waals surface area contributed by atoms with E-state index in [2.05, 4.69) is 0 Å². The van der Waals surface area contributed by atoms with E-state index in [4.69, 9.17) is 9.52 Å². The summed E-state index contributed by atoms with van der Waals surface area (Å²) in [4.78, 5) is 11.6. The molecule has 0 spiro atoms. The summed E-state index contributed by atoms with van der Waals surface area (Å²) in [6, 6.07) is 5.86. The highest BCUT2D eigenvalue weighted by Gasteiger charge is 2.00. The molecule has 5 heteroatoms. The molecule has 0 radical (unpaired) electrons. The van der Waals surface area contributed by atoms with Crippen LogP contribution in [0.25, 0.3) is 6.08 Å². The van der Waals surface area contributed by atoms with Gasteiger partial charge in [0.15, 0.2) is 0 Å². The zero-order chi connectivity index (χ0) is 12.8. The molecule has 1 N–H and O–H groups in total. The van der Waals surface area contributed by atoms with E-state index in [0.29, 0.717) is 0 Å². The number of hydrogen-bond acceptors (Lipinski definition) is 4. The highest BCUT2D eigenvalue weighted by atomic mass is 32.2. The van der Waals surface area contributed by atoms with Gasteiger partial charge in [-0.25, -0.2) is 4.79 Å². The Bertz CT molecular complexity index is 526. The van der Waals surface area contributed by atoms with Crippen LogP contribution >= 0.6 is 23.1 Å². The maximum Gasteiger partial charge on any atom is 0.328 e. The van der Waals surface area contributed by atoms with Gasteiger partial charge in [0.25, 0.3) is 0 Å². The van der Waals surface area contributed by atoms with E-state index in [1.165, 1.54) is 4.88 Å². The van der Waals surface area contributed by atoms with Crippen LogP contribution in [0.4, 0.5) is 0 Å². The van der Waals surface area contributed by atoms with E-state index >= 15 is 0 Å². The van der Waals surface area contributed by atoms with Crippen molar-refractivity contribution in [3.63, 3.8) is 0 Å². The van der Waals surface area contributed by atoms with Crippen LogP contribution in [-0.4, -0.2) is 11.1 Å². The number of aliphatic carboxylic acids is 1. The van der Waals surface area contributed by atoms with Gasteiger partial charge in [0.05, 0.1) is 12.0 Å². The Morgan fingerprint density at radius 3 is 3.11 bits per heavy atom. The van der Waals surface area contributed by atoms with Crippen molar-refractivity contribution in [2.75, 3.05) is 0 Å². The molecule has 18 heavy (non-hydrogen) atoms. The third-order valence-electron chi connectivity index (χ3n) is 2.16. The zero-order valence-electron chi connectivity index (χ0n) is 9.54. The second-order valence-corrected chi connectivity index (χ2v) is 5.57. The number of thioether (sulfide) groups is 1. The Morgan fingerprint density at radius 1 is 1.50 bits per heavy atom. The van der Waals surface area contributed by atoms with Gasteiger partial charge >= 0.3 is 5.97 Å². The van der Waals surface area contributed by atoms with Gasteiger partial charge in [0.1, 0.15) is 5.76 Å². The number of carboxylic acid groups (broad SMARTS) is 1. The molecule has 0 aliphatic rings. The first-order valence-corrected chi connectivity index (χ1v) is 7.36. The molecule has 0 saturated carbocycles. The minimum absolute atomic E-state index is 0.852. The van der Waals surface area contributed by atoms with Crippen molar-refractivity contribution >= 4 is 35.1 Å². The quantitative estimate of drug-likeness (QED) is 0.816. The Morgan fingerprint density at radius 2 is 2.39 bits per heavy atom. The molecule has 0 fully saturated rings. The van der Waals surface area contributed by atoms with Crippen molar-refractivity contribution in [2.24, 2.45) is 0 Å². The molecule has 0 atom stereocenters. The monoisotopic (exact) mass is 280 g/mol. The molecule has 0 unspecified atom stereocenters. The van der Waals surface area contributed by atoms with Crippen LogP contribution in [0.2, 0.25) is 0 Å². The molecule has 0 aliphatic carbocycles. The third kappa shape index (κ3) is 4.09. The molecule has 0 bridgehead atoms. The fraction of sp³-hybridized carbons (Fsp3) is 0.154. The van der Waals surface area contributed by atoms with E-state index in [1.54, 1.807) is 35.4 Å². The van der Waals surface area contributed by atoms with Gasteiger partial charge < -0.3 is 9.52 Å². The molecule has 2 heterocycles. The Labute approximate surface area is 113 Å². The van der Waals surface area contributed by atoms with E-state index in [0.717, 1.165) is 28.9 Å². The second-order valence-electron chi connectivity index (χ2n) is 3.59. The molecule has 3 nitrogen and oxygen atoms in total. The van der Waals surface area contributed by atoms with E-state index in [-0.39, 0.29) is 0 Å². The molecule has 0 amide bonds. The standard InChI is InChI=1S/C13H12O3S2/c14-13(15)4-3-10-6-12(18-7-10)9-17-8-11-2-1-5-16-11/h1-7H,8-9H2,(H,14,15). The van der Waals surface area contributed by atoms with Gasteiger partial charge in [-0.05, 0) is 35.2 Å². The van der Waals surface area contributed by atoms with Crippen molar-refractivity contribution < 1.29 is 14.3 Å². The zero-order valence-corrected chi connectivity index (χ0v) is 11.2. The van der Waals surface area contributed by atoms with Crippen molar-refractivity contribution in [1.82, 2.24) is 0 Å². The summed E-state index contributed by atoms with van der Waals surface area (Å²) in [5.74, 6) is 1.81. The van der Waals surface area contributed by atoms with Gasteiger partial charge in [-0.3, -0.25) is 0 Å². The lowest BCUT2D eigenvalue weighted by Crippen LogP contribution is -1.84. The minimum Gasteiger partial charge on any atom is -0.478 e. The summed E-state index contributed by atoms with van der Waals surface area (Å²) in [5.41, 5.74) is 0.941. The molecule has 94 valence electrons. The average Bonchev–Trinajstić information content (AvgIpc) is 2.97. The van der Waals surface area contributed by atoms with Gasteiger partial charge in [-0.2, -0.15) is 0 Å². The van der Waals surface area contributed by atoms with Crippen molar-refractivity contribution in [2.45, 2.75) is 11.5 Å². The van der Waals surface area contributed by atoms with Crippen LogP contribution in [0.3, 0.4) is 0 Å². The predicted molar refractivity (Wildman–Crippen MR) is 74.7 cm³/mol. The van der Waals surface area contributed by atoms with E-state index in [1.807, 2.05) is 23.6 Å². The lowest BCUT2D eigenvalue weighted by molar-refractivity contribution is -0.131. The molecular formula is C13H12O3S2. The maximum atomic E-state index is 10.4. The lowest BCUT2D eigenvalue weighted by Gasteiger charge is -1.95. The minimum atomic E-state index is -0.921. The van der Waals surface area contributed by atoms with Crippen LogP contribution in [0.1, 0.15) is 16.2 Å². The van der Waals surface area contributed by atoms with E-state index in [9.17, 15) is 4.79 Å². The summed E-state index contributed by atoms with van der Waals surface area (Å²) in [5, 5.41) is 10.5. The summed E-state index contributed by atoms with van der Waals surface area (Å²) in [7, 11) is 0. The van der Waals surface area contributed by atoms with Crippen molar-refractivity contribution in [3.8, 4) is 0 Å². The predicted octanol–water partition coefficient (Wildman–Crippen LogP) is 3.87. The molecule has 2 aromatic rings. The van der Waals surface area contributed by atoms with Crippen molar-refractivity contribution in [3.05, 3.63) is 52.1 Å². The largest absolute Gasteiger partial charge is 0.478 e. The smallest absolute Gasteiger partial charge is 0.328 e. The van der Waals surface area contributed by atoms with Gasteiger partial charge in [0, 0.05) is 16.7 Å². The Kier molecular flexibility index (Phi) is 4.66. The highest BCUT2D eigenvalue weighted by molar-refractivity contribution is 7.97. The normalized spacial score (nSPS) is 11.1. The van der Waals surface area contributed by atoms with Gasteiger partial charge in [-0.1, -0.05) is 0 Å². The first-order chi connectivity index (χ1) is 8.74. The molecule has 2 aromatic heterocycles. The maximum absolute atomic E-state index is 10.4. The number of hydrogen-bond donors (Lipinski definition) is 1. The first-order valence-electron chi connectivity index (χ1n) is 5.32. The van der Waals surface area contributed by atoms with Gasteiger partial charge in [-0.15, -0.1) is 23.1 Å². The third-order valence-corrected chi connectivity index (χ3v) is 4.30. The number of carboxylic acids is 1. The number of rotatable bonds is 6. The summed E-state index contributed by atoms with van der Waals surface area (Å²) in [6.45, 7) is 0. The SMILES string of the molecule is O=C(O)C=Cc1csc(CSCc2ccco2)c1. The highest BCUT2D eigenvalue weighted by Crippen LogP contribution is 2.23. The Hall–Kier alpha value is -1.46. The molecule has 2 rings (SSSR count). The lowest BCUT2D eigenvalue weighted by atomic mass is 10.3. The van der Waals surface area contributed by atoms with Crippen LogP contribution < -0.4 is 0 Å². The van der Waals surface area contributed by atoms with E-state index < -0.39 is 5.97 Å². The molecule has 0 aromatic carbocycles. The number of carbonyl (C=O) groups is 1. The average molecular weight is 280 g/mol. The number of furan rings is 1. The topological polar surface area (TPSA) is 50.4 Å². The molecular weight excluding hydrogens is 268 g/mol. The second kappa shape index (κ2) is 6.47. The van der Waals surface area contributed by atoms with Gasteiger partial charge in [0.2, 0.25) is 0 Å². The van der Waals surface area contributed by atoms with Crippen LogP contribution in [0.15, 0.2) is 40.3 Å². The fourth-order valence-corrected chi connectivity index (χ4v) is 3.29. The fourth-order valence-electron chi connectivity index (χ4n) is 1.38. The number of thiophene rings is 1. The van der Waals surface area contributed by atoms with Crippen molar-refractivity contribution in [1.29, 1.82) is 0 Å². The first kappa shape index (κ1) is 13.0. The Balaban J connectivity index is 1.81.